The molecular weight excluding hydrogens is 376 g/mol. The molecule has 1 aromatic heterocycles. The lowest BCUT2D eigenvalue weighted by Crippen LogP contribution is -2.23. The summed E-state index contributed by atoms with van der Waals surface area (Å²) in [5.41, 5.74) is -1.26. The Balaban J connectivity index is 1.91. The number of aromatic hydroxyl groups is 1. The summed E-state index contributed by atoms with van der Waals surface area (Å²) in [6.07, 6.45) is -0.179. The van der Waals surface area contributed by atoms with Gasteiger partial charge in [0.15, 0.2) is 16.8 Å². The molecule has 3 aromatic rings. The first-order valence-electron chi connectivity index (χ1n) is 9.12. The number of ketones is 2. The number of carbonyl (C=O) groups is 2. The van der Waals surface area contributed by atoms with Gasteiger partial charge in [-0.3, -0.25) is 14.4 Å². The van der Waals surface area contributed by atoms with E-state index in [-0.39, 0.29) is 56.4 Å². The molecule has 7 nitrogen and oxygen atoms in total. The van der Waals surface area contributed by atoms with Crippen LogP contribution in [0.2, 0.25) is 0 Å². The second kappa shape index (κ2) is 5.62. The molecule has 1 fully saturated rings. The minimum Gasteiger partial charge on any atom is -0.507 e. The fourth-order valence-electron chi connectivity index (χ4n) is 4.02. The van der Waals surface area contributed by atoms with E-state index in [9.17, 15) is 24.6 Å². The number of phenols is 1. The molecule has 0 radical (unpaired) electrons. The van der Waals surface area contributed by atoms with Gasteiger partial charge in [0.1, 0.15) is 17.1 Å². The van der Waals surface area contributed by atoms with E-state index in [0.717, 1.165) is 0 Å². The molecule has 2 atom stereocenters. The average Bonchev–Trinajstić information content (AvgIpc) is 3.32. The van der Waals surface area contributed by atoms with Crippen LogP contribution in [-0.4, -0.2) is 27.9 Å². The van der Waals surface area contributed by atoms with Gasteiger partial charge in [-0.25, -0.2) is 0 Å². The lowest BCUT2D eigenvalue weighted by Gasteiger charge is -2.21. The molecule has 29 heavy (non-hydrogen) atoms. The first kappa shape index (κ1) is 17.8. The molecule has 0 unspecified atom stereocenters. The normalized spacial score (nSPS) is 22.5. The van der Waals surface area contributed by atoms with Crippen molar-refractivity contribution in [2.24, 2.45) is 0 Å². The second-order valence-corrected chi connectivity index (χ2v) is 7.52. The van der Waals surface area contributed by atoms with E-state index in [0.29, 0.717) is 0 Å². The Morgan fingerprint density at radius 3 is 2.45 bits per heavy atom. The lowest BCUT2D eigenvalue weighted by molar-refractivity contribution is 0.0976. The van der Waals surface area contributed by atoms with Gasteiger partial charge < -0.3 is 19.4 Å². The molecule has 1 aliphatic carbocycles. The molecule has 0 bridgehead atoms. The molecule has 7 heteroatoms. The molecule has 2 aliphatic rings. The van der Waals surface area contributed by atoms with E-state index in [2.05, 4.69) is 0 Å². The van der Waals surface area contributed by atoms with Crippen molar-refractivity contribution >= 4 is 22.5 Å². The number of ether oxygens (including phenoxy) is 1. The Morgan fingerprint density at radius 2 is 1.79 bits per heavy atom. The van der Waals surface area contributed by atoms with Crippen molar-refractivity contribution in [2.45, 2.75) is 32.2 Å². The van der Waals surface area contributed by atoms with Crippen LogP contribution >= 0.6 is 0 Å². The molecule has 2 heterocycles. The molecule has 1 saturated heterocycles. The monoisotopic (exact) mass is 392 g/mol. The predicted octanol–water partition coefficient (Wildman–Crippen LogP) is 2.40. The number of aliphatic hydroxyl groups excluding tert-OH is 1. The van der Waals surface area contributed by atoms with Crippen LogP contribution in [0, 0.1) is 0 Å². The van der Waals surface area contributed by atoms with Gasteiger partial charge in [0.25, 0.3) is 0 Å². The van der Waals surface area contributed by atoms with Gasteiger partial charge in [-0.15, -0.1) is 0 Å². The van der Waals surface area contributed by atoms with Crippen molar-refractivity contribution in [1.82, 2.24) is 0 Å². The van der Waals surface area contributed by atoms with Crippen LogP contribution in [0.4, 0.5) is 0 Å². The third-order valence-corrected chi connectivity index (χ3v) is 5.87. The molecule has 5 rings (SSSR count). The molecule has 0 amide bonds. The molecule has 1 aliphatic heterocycles. The highest BCUT2D eigenvalue weighted by Gasteiger charge is 2.53. The van der Waals surface area contributed by atoms with Crippen LogP contribution in [0.15, 0.2) is 39.5 Å². The van der Waals surface area contributed by atoms with Crippen LogP contribution in [0.1, 0.15) is 57.0 Å². The third-order valence-electron chi connectivity index (χ3n) is 5.87. The Morgan fingerprint density at radius 1 is 1.07 bits per heavy atom. The number of aliphatic hydroxyl groups is 1. The number of epoxide rings is 1. The summed E-state index contributed by atoms with van der Waals surface area (Å²) in [6.45, 7) is 3.08. The average molecular weight is 392 g/mol. The quantitative estimate of drug-likeness (QED) is 0.503. The molecule has 0 saturated carbocycles. The number of rotatable bonds is 2. The number of carbonyl (C=O) groups excluding carboxylic acids is 2. The topological polar surface area (TPSA) is 117 Å². The van der Waals surface area contributed by atoms with Crippen LogP contribution in [0.25, 0.3) is 11.0 Å². The molecule has 2 N–H and O–H groups in total. The van der Waals surface area contributed by atoms with Crippen LogP contribution in [-0.2, 0) is 16.9 Å². The third kappa shape index (κ3) is 2.22. The van der Waals surface area contributed by atoms with E-state index in [1.165, 1.54) is 30.3 Å². The number of hydrogen-bond acceptors (Lipinski definition) is 7. The van der Waals surface area contributed by atoms with Crippen molar-refractivity contribution in [3.05, 3.63) is 74.1 Å². The number of benzene rings is 2. The van der Waals surface area contributed by atoms with Crippen molar-refractivity contribution < 1.29 is 29.0 Å². The van der Waals surface area contributed by atoms with Crippen LogP contribution in [0.5, 0.6) is 5.75 Å². The van der Waals surface area contributed by atoms with Gasteiger partial charge in [0, 0.05) is 17.2 Å². The highest BCUT2D eigenvalue weighted by atomic mass is 16.6. The first-order chi connectivity index (χ1) is 13.8. The van der Waals surface area contributed by atoms with Crippen molar-refractivity contribution in [1.29, 1.82) is 0 Å². The maximum atomic E-state index is 13.3. The minimum atomic E-state index is -0.808. The smallest absolute Gasteiger partial charge is 0.202 e. The summed E-state index contributed by atoms with van der Waals surface area (Å²) < 4.78 is 11.5. The lowest BCUT2D eigenvalue weighted by atomic mass is 9.81. The van der Waals surface area contributed by atoms with Gasteiger partial charge in [-0.05, 0) is 31.5 Å². The summed E-state index contributed by atoms with van der Waals surface area (Å²) in [5.74, 6) is -1.19. The second-order valence-electron chi connectivity index (χ2n) is 7.52. The Bertz CT molecular complexity index is 1320. The standard InChI is InChI=1S/C22H16O7/c1-9-22(2,29-9)15-7-14(25)16-10(8-23)6-12-18(21(16)28-15)20(27)17-11(19(12)26)4-3-5-13(17)24/h3-7,9,23-24H,8H2,1-2H3/t9-,22-/m0/s1. The molecule has 0 spiro atoms. The SMILES string of the molecule is C[C@@H]1O[C@]1(C)c1cc(=O)c2c(CO)cc3c(c2o1)C(=O)c1c(O)cccc1C3=O. The summed E-state index contributed by atoms with van der Waals surface area (Å²) in [4.78, 5) is 39.2. The van der Waals surface area contributed by atoms with Gasteiger partial charge >= 0.3 is 0 Å². The van der Waals surface area contributed by atoms with Gasteiger partial charge in [0.2, 0.25) is 5.78 Å². The van der Waals surface area contributed by atoms with Gasteiger partial charge in [0.05, 0.1) is 29.2 Å². The Hall–Kier alpha value is -3.29. The van der Waals surface area contributed by atoms with Crippen molar-refractivity contribution in [2.75, 3.05) is 0 Å². The van der Waals surface area contributed by atoms with E-state index < -0.39 is 29.2 Å². The maximum absolute atomic E-state index is 13.3. The summed E-state index contributed by atoms with van der Waals surface area (Å²) in [7, 11) is 0. The fraction of sp³-hybridized carbons (Fsp3) is 0.227. The summed E-state index contributed by atoms with van der Waals surface area (Å²) in [5, 5.41) is 20.0. The number of fused-ring (bicyclic) bond motifs is 4. The van der Waals surface area contributed by atoms with E-state index in [4.69, 9.17) is 9.15 Å². The van der Waals surface area contributed by atoms with E-state index in [1.807, 2.05) is 6.92 Å². The zero-order valence-electron chi connectivity index (χ0n) is 15.6. The number of phenolic OH excluding ortho intramolecular Hbond substituents is 1. The summed E-state index contributed by atoms with van der Waals surface area (Å²) in [6, 6.07) is 6.89. The van der Waals surface area contributed by atoms with Gasteiger partial charge in [-0.1, -0.05) is 12.1 Å². The van der Waals surface area contributed by atoms with Crippen LogP contribution < -0.4 is 5.43 Å². The zero-order valence-corrected chi connectivity index (χ0v) is 15.6. The predicted molar refractivity (Wildman–Crippen MR) is 101 cm³/mol. The molecular formula is C22H16O7. The summed E-state index contributed by atoms with van der Waals surface area (Å²) >= 11 is 0. The van der Waals surface area contributed by atoms with Gasteiger partial charge in [-0.2, -0.15) is 0 Å². The van der Waals surface area contributed by atoms with Crippen molar-refractivity contribution in [3.63, 3.8) is 0 Å². The van der Waals surface area contributed by atoms with Crippen LogP contribution in [0.3, 0.4) is 0 Å². The fourth-order valence-corrected chi connectivity index (χ4v) is 4.02. The van der Waals surface area contributed by atoms with E-state index >= 15 is 0 Å². The maximum Gasteiger partial charge on any atom is 0.202 e. The first-order valence-corrected chi connectivity index (χ1v) is 9.12. The van der Waals surface area contributed by atoms with E-state index in [1.54, 1.807) is 6.92 Å². The Kier molecular flexibility index (Phi) is 3.45. The highest BCUT2D eigenvalue weighted by Crippen LogP contribution is 2.46. The largest absolute Gasteiger partial charge is 0.507 e. The zero-order chi connectivity index (χ0) is 20.7. The minimum absolute atomic E-state index is 0.0277. The molecule has 2 aromatic carbocycles. The highest BCUT2D eigenvalue weighted by molar-refractivity contribution is 6.32. The molecule has 146 valence electrons. The van der Waals surface area contributed by atoms with Crippen molar-refractivity contribution in [3.8, 4) is 5.75 Å². The Labute approximate surface area is 164 Å². The number of hydrogen-bond donors (Lipinski definition) is 2.